The summed E-state index contributed by atoms with van der Waals surface area (Å²) in [5.41, 5.74) is -0.949. The Morgan fingerprint density at radius 2 is 1.63 bits per heavy atom. The average molecular weight is 289 g/mol. The zero-order valence-corrected chi connectivity index (χ0v) is 9.94. The summed E-state index contributed by atoms with van der Waals surface area (Å²) in [5.74, 6) is -6.57. The molecular formula is C13H5ClF4O. The summed E-state index contributed by atoms with van der Waals surface area (Å²) in [6.45, 7) is 0. The summed E-state index contributed by atoms with van der Waals surface area (Å²) >= 11 is 5.56. The SMILES string of the molecule is O=C(c1cc(F)cc(Cl)c1)c1ccc(F)c(F)c1F. The summed E-state index contributed by atoms with van der Waals surface area (Å²) in [5, 5.41) is -0.0636. The molecule has 6 heteroatoms. The lowest BCUT2D eigenvalue weighted by atomic mass is 10.0. The molecule has 0 fully saturated rings. The van der Waals surface area contributed by atoms with Crippen LogP contribution in [0.2, 0.25) is 5.02 Å². The maximum atomic E-state index is 13.4. The average Bonchev–Trinajstić information content (AvgIpc) is 2.34. The lowest BCUT2D eigenvalue weighted by Gasteiger charge is -2.05. The quantitative estimate of drug-likeness (QED) is 0.461. The van der Waals surface area contributed by atoms with Gasteiger partial charge in [-0.2, -0.15) is 0 Å². The third-order valence-electron chi connectivity index (χ3n) is 2.40. The molecule has 0 aromatic heterocycles. The molecule has 98 valence electrons. The van der Waals surface area contributed by atoms with Crippen LogP contribution >= 0.6 is 11.6 Å². The van der Waals surface area contributed by atoms with Gasteiger partial charge in [0.25, 0.3) is 0 Å². The van der Waals surface area contributed by atoms with E-state index in [2.05, 4.69) is 0 Å². The standard InChI is InChI=1S/C13H5ClF4O/c14-7-3-6(4-8(15)5-7)13(19)9-1-2-10(16)12(18)11(9)17/h1-5H. The minimum Gasteiger partial charge on any atom is -0.288 e. The second-order valence-electron chi connectivity index (χ2n) is 3.71. The highest BCUT2D eigenvalue weighted by atomic mass is 35.5. The molecule has 2 aromatic rings. The molecule has 0 saturated heterocycles. The third-order valence-corrected chi connectivity index (χ3v) is 2.62. The van der Waals surface area contributed by atoms with Gasteiger partial charge in [-0.1, -0.05) is 11.6 Å². The second kappa shape index (κ2) is 5.01. The Hall–Kier alpha value is -1.88. The molecule has 0 heterocycles. The van der Waals surface area contributed by atoms with Crippen LogP contribution in [-0.4, -0.2) is 5.78 Å². The van der Waals surface area contributed by atoms with E-state index in [0.717, 1.165) is 24.3 Å². The van der Waals surface area contributed by atoms with Gasteiger partial charge in [-0.25, -0.2) is 17.6 Å². The molecule has 0 radical (unpaired) electrons. The van der Waals surface area contributed by atoms with Gasteiger partial charge in [0, 0.05) is 10.6 Å². The normalized spacial score (nSPS) is 10.6. The predicted octanol–water partition coefficient (Wildman–Crippen LogP) is 4.13. The molecule has 2 rings (SSSR count). The fourth-order valence-electron chi connectivity index (χ4n) is 1.54. The number of halogens is 5. The smallest absolute Gasteiger partial charge is 0.196 e. The molecule has 0 bridgehead atoms. The molecule has 0 spiro atoms. The van der Waals surface area contributed by atoms with Crippen LogP contribution in [0.5, 0.6) is 0 Å². The van der Waals surface area contributed by atoms with E-state index in [-0.39, 0.29) is 10.6 Å². The van der Waals surface area contributed by atoms with Crippen LogP contribution in [-0.2, 0) is 0 Å². The van der Waals surface area contributed by atoms with Gasteiger partial charge in [0.05, 0.1) is 5.56 Å². The molecule has 0 atom stereocenters. The minimum absolute atomic E-state index is 0.0636. The molecule has 1 nitrogen and oxygen atoms in total. The summed E-state index contributed by atoms with van der Waals surface area (Å²) in [6.07, 6.45) is 0. The first-order chi connectivity index (χ1) is 8.90. The van der Waals surface area contributed by atoms with E-state index in [0.29, 0.717) is 6.07 Å². The van der Waals surface area contributed by atoms with Gasteiger partial charge >= 0.3 is 0 Å². The lowest BCUT2D eigenvalue weighted by molar-refractivity contribution is 0.103. The predicted molar refractivity (Wildman–Crippen MR) is 61.2 cm³/mol. The zero-order valence-electron chi connectivity index (χ0n) is 9.18. The highest BCUT2D eigenvalue weighted by molar-refractivity contribution is 6.31. The first-order valence-electron chi connectivity index (χ1n) is 5.04. The lowest BCUT2D eigenvalue weighted by Crippen LogP contribution is -2.07. The Morgan fingerprint density at radius 3 is 2.26 bits per heavy atom. The van der Waals surface area contributed by atoms with Gasteiger partial charge in [-0.05, 0) is 30.3 Å². The maximum absolute atomic E-state index is 13.4. The zero-order chi connectivity index (χ0) is 14.2. The topological polar surface area (TPSA) is 17.1 Å². The van der Waals surface area contributed by atoms with Crippen molar-refractivity contribution in [3.63, 3.8) is 0 Å². The highest BCUT2D eigenvalue weighted by Crippen LogP contribution is 2.21. The van der Waals surface area contributed by atoms with Crippen molar-refractivity contribution < 1.29 is 22.4 Å². The fourth-order valence-corrected chi connectivity index (χ4v) is 1.76. The first kappa shape index (κ1) is 13.5. The Morgan fingerprint density at radius 1 is 0.947 bits per heavy atom. The summed E-state index contributed by atoms with van der Waals surface area (Å²) < 4.78 is 52.3. The summed E-state index contributed by atoms with van der Waals surface area (Å²) in [4.78, 5) is 11.9. The summed E-state index contributed by atoms with van der Waals surface area (Å²) in [6, 6.07) is 4.30. The Balaban J connectivity index is 2.53. The van der Waals surface area contributed by atoms with Crippen LogP contribution in [0, 0.1) is 23.3 Å². The van der Waals surface area contributed by atoms with E-state index in [1.807, 2.05) is 0 Å². The molecule has 0 aliphatic rings. The largest absolute Gasteiger partial charge is 0.288 e. The van der Waals surface area contributed by atoms with Crippen LogP contribution < -0.4 is 0 Å². The van der Waals surface area contributed by atoms with E-state index in [9.17, 15) is 22.4 Å². The van der Waals surface area contributed by atoms with Crippen LogP contribution in [0.15, 0.2) is 30.3 Å². The summed E-state index contributed by atoms with van der Waals surface area (Å²) in [7, 11) is 0. The number of hydrogen-bond acceptors (Lipinski definition) is 1. The molecule has 19 heavy (non-hydrogen) atoms. The van der Waals surface area contributed by atoms with E-state index in [1.165, 1.54) is 0 Å². The molecule has 0 amide bonds. The van der Waals surface area contributed by atoms with Gasteiger partial charge in [-0.3, -0.25) is 4.79 Å². The molecular weight excluding hydrogens is 284 g/mol. The van der Waals surface area contributed by atoms with Crippen molar-refractivity contribution in [2.75, 3.05) is 0 Å². The number of carbonyl (C=O) groups is 1. The second-order valence-corrected chi connectivity index (χ2v) is 4.15. The molecule has 0 aliphatic heterocycles. The monoisotopic (exact) mass is 288 g/mol. The van der Waals surface area contributed by atoms with Crippen LogP contribution in [0.1, 0.15) is 15.9 Å². The van der Waals surface area contributed by atoms with Crippen LogP contribution in [0.4, 0.5) is 17.6 Å². The van der Waals surface area contributed by atoms with Crippen molar-refractivity contribution in [1.82, 2.24) is 0 Å². The molecule has 0 unspecified atom stereocenters. The number of carbonyl (C=O) groups excluding carboxylic acids is 1. The van der Waals surface area contributed by atoms with Crippen molar-refractivity contribution >= 4 is 17.4 Å². The molecule has 0 saturated carbocycles. The van der Waals surface area contributed by atoms with Gasteiger partial charge in [-0.15, -0.1) is 0 Å². The Labute approximate surface area is 110 Å². The Kier molecular flexibility index (Phi) is 3.57. The van der Waals surface area contributed by atoms with E-state index in [4.69, 9.17) is 11.6 Å². The Bertz CT molecular complexity index is 650. The van der Waals surface area contributed by atoms with Crippen molar-refractivity contribution in [1.29, 1.82) is 0 Å². The van der Waals surface area contributed by atoms with Gasteiger partial charge in [0.15, 0.2) is 23.2 Å². The van der Waals surface area contributed by atoms with Crippen molar-refractivity contribution in [3.05, 3.63) is 69.8 Å². The van der Waals surface area contributed by atoms with Gasteiger partial charge in [0.1, 0.15) is 5.82 Å². The molecule has 2 aromatic carbocycles. The van der Waals surface area contributed by atoms with Crippen molar-refractivity contribution in [2.24, 2.45) is 0 Å². The van der Waals surface area contributed by atoms with Gasteiger partial charge in [0.2, 0.25) is 0 Å². The fraction of sp³-hybridized carbons (Fsp3) is 0. The van der Waals surface area contributed by atoms with Crippen LogP contribution in [0.25, 0.3) is 0 Å². The van der Waals surface area contributed by atoms with E-state index >= 15 is 0 Å². The third kappa shape index (κ3) is 2.61. The van der Waals surface area contributed by atoms with E-state index < -0.39 is 34.6 Å². The number of rotatable bonds is 2. The van der Waals surface area contributed by atoms with Crippen LogP contribution in [0.3, 0.4) is 0 Å². The van der Waals surface area contributed by atoms with Crippen molar-refractivity contribution in [3.8, 4) is 0 Å². The molecule has 0 aliphatic carbocycles. The number of benzene rings is 2. The van der Waals surface area contributed by atoms with Gasteiger partial charge < -0.3 is 0 Å². The number of ketones is 1. The first-order valence-corrected chi connectivity index (χ1v) is 5.42. The van der Waals surface area contributed by atoms with Crippen molar-refractivity contribution in [2.45, 2.75) is 0 Å². The highest BCUT2D eigenvalue weighted by Gasteiger charge is 2.20. The number of hydrogen-bond donors (Lipinski definition) is 0. The minimum atomic E-state index is -1.76. The van der Waals surface area contributed by atoms with E-state index in [1.54, 1.807) is 0 Å². The molecule has 0 N–H and O–H groups in total. The maximum Gasteiger partial charge on any atom is 0.196 e.